The third kappa shape index (κ3) is 4.11. The van der Waals surface area contributed by atoms with Crippen molar-refractivity contribution in [2.24, 2.45) is 0 Å². The summed E-state index contributed by atoms with van der Waals surface area (Å²) in [6, 6.07) is 12.2. The fourth-order valence-corrected chi connectivity index (χ4v) is 2.24. The molecule has 1 atom stereocenters. The lowest BCUT2D eigenvalue weighted by molar-refractivity contribution is -0.121. The molecular weight excluding hydrogens is 288 g/mol. The molecule has 0 saturated heterocycles. The largest absolute Gasteiger partial charge is 0.396 e. The van der Waals surface area contributed by atoms with Gasteiger partial charge in [-0.2, -0.15) is 0 Å². The van der Waals surface area contributed by atoms with Crippen molar-refractivity contribution >= 4 is 5.91 Å². The molecule has 0 aliphatic carbocycles. The van der Waals surface area contributed by atoms with Crippen molar-refractivity contribution in [2.45, 2.75) is 18.9 Å². The van der Waals surface area contributed by atoms with Crippen LogP contribution in [-0.2, 0) is 11.2 Å². The quantitative estimate of drug-likeness (QED) is 0.862. The zero-order valence-electron chi connectivity index (χ0n) is 11.9. The third-order valence-corrected chi connectivity index (χ3v) is 3.35. The number of aliphatic hydroxyl groups excluding tert-OH is 1. The lowest BCUT2D eigenvalue weighted by Gasteiger charge is -2.18. The van der Waals surface area contributed by atoms with Crippen molar-refractivity contribution < 1.29 is 18.7 Å². The first-order valence-electron chi connectivity index (χ1n) is 7.00. The maximum absolute atomic E-state index is 13.6. The lowest BCUT2D eigenvalue weighted by Crippen LogP contribution is -2.31. The number of rotatable bonds is 6. The standard InChI is InChI=1S/C17H17F2NO2/c18-14-7-4-8-15(19)13(14)11-17(22)20-16(9-10-21)12-5-2-1-3-6-12/h1-8,16,21H,9-11H2,(H,20,22). The van der Waals surface area contributed by atoms with Gasteiger partial charge in [0.25, 0.3) is 0 Å². The fraction of sp³-hybridized carbons (Fsp3) is 0.235. The van der Waals surface area contributed by atoms with Gasteiger partial charge in [-0.15, -0.1) is 0 Å². The Labute approximate surface area is 127 Å². The van der Waals surface area contributed by atoms with Gasteiger partial charge in [-0.1, -0.05) is 36.4 Å². The first-order valence-corrected chi connectivity index (χ1v) is 7.00. The van der Waals surface area contributed by atoms with Crippen molar-refractivity contribution in [2.75, 3.05) is 6.61 Å². The van der Waals surface area contributed by atoms with E-state index in [0.29, 0.717) is 6.42 Å². The van der Waals surface area contributed by atoms with Crippen LogP contribution in [0.4, 0.5) is 8.78 Å². The van der Waals surface area contributed by atoms with E-state index in [1.54, 1.807) is 0 Å². The van der Waals surface area contributed by atoms with Crippen LogP contribution in [0.5, 0.6) is 0 Å². The van der Waals surface area contributed by atoms with E-state index in [9.17, 15) is 13.6 Å². The van der Waals surface area contributed by atoms with Crippen LogP contribution in [0.15, 0.2) is 48.5 Å². The molecule has 0 spiro atoms. The Morgan fingerprint density at radius 3 is 2.27 bits per heavy atom. The van der Waals surface area contributed by atoms with E-state index in [2.05, 4.69) is 5.32 Å². The maximum atomic E-state index is 13.6. The van der Waals surface area contributed by atoms with Crippen LogP contribution in [0.3, 0.4) is 0 Å². The highest BCUT2D eigenvalue weighted by Gasteiger charge is 2.17. The number of nitrogens with one attached hydrogen (secondary N) is 1. The van der Waals surface area contributed by atoms with Crippen LogP contribution in [-0.4, -0.2) is 17.6 Å². The molecule has 0 aliphatic heterocycles. The molecule has 3 nitrogen and oxygen atoms in total. The highest BCUT2D eigenvalue weighted by molar-refractivity contribution is 5.79. The fourth-order valence-electron chi connectivity index (χ4n) is 2.24. The van der Waals surface area contributed by atoms with Crippen molar-refractivity contribution in [3.8, 4) is 0 Å². The van der Waals surface area contributed by atoms with Crippen LogP contribution < -0.4 is 5.32 Å². The monoisotopic (exact) mass is 305 g/mol. The SMILES string of the molecule is O=C(Cc1c(F)cccc1F)NC(CCO)c1ccccc1. The van der Waals surface area contributed by atoms with Gasteiger partial charge in [0.2, 0.25) is 5.91 Å². The number of hydrogen-bond donors (Lipinski definition) is 2. The van der Waals surface area contributed by atoms with E-state index in [-0.39, 0.29) is 18.6 Å². The van der Waals surface area contributed by atoms with Gasteiger partial charge in [0, 0.05) is 12.2 Å². The summed E-state index contributed by atoms with van der Waals surface area (Å²) in [5, 5.41) is 11.8. The number of carbonyl (C=O) groups excluding carboxylic acids is 1. The van der Waals surface area contributed by atoms with E-state index in [4.69, 9.17) is 5.11 Å². The second-order valence-corrected chi connectivity index (χ2v) is 4.92. The number of halogens is 2. The summed E-state index contributed by atoms with van der Waals surface area (Å²) < 4.78 is 27.1. The van der Waals surface area contributed by atoms with E-state index in [1.165, 1.54) is 6.07 Å². The third-order valence-electron chi connectivity index (χ3n) is 3.35. The molecule has 0 bridgehead atoms. The van der Waals surface area contributed by atoms with Gasteiger partial charge in [-0.25, -0.2) is 8.78 Å². The molecule has 2 aromatic carbocycles. The summed E-state index contributed by atoms with van der Waals surface area (Å²) >= 11 is 0. The Kier molecular flexibility index (Phi) is 5.61. The minimum absolute atomic E-state index is 0.103. The van der Waals surface area contributed by atoms with Crippen LogP contribution >= 0.6 is 0 Å². The van der Waals surface area contributed by atoms with Gasteiger partial charge in [0.05, 0.1) is 12.5 Å². The smallest absolute Gasteiger partial charge is 0.225 e. The molecule has 0 fully saturated rings. The molecule has 2 rings (SSSR count). The zero-order chi connectivity index (χ0) is 15.9. The summed E-state index contributed by atoms with van der Waals surface area (Å²) in [6.45, 7) is -0.103. The van der Waals surface area contributed by atoms with Crippen molar-refractivity contribution in [1.29, 1.82) is 0 Å². The van der Waals surface area contributed by atoms with Crippen LogP contribution in [0, 0.1) is 11.6 Å². The highest BCUT2D eigenvalue weighted by Crippen LogP contribution is 2.17. The Balaban J connectivity index is 2.09. The molecule has 116 valence electrons. The summed E-state index contributed by atoms with van der Waals surface area (Å²) in [7, 11) is 0. The molecule has 0 radical (unpaired) electrons. The van der Waals surface area contributed by atoms with Gasteiger partial charge in [-0.3, -0.25) is 4.79 Å². The van der Waals surface area contributed by atoms with Crippen LogP contribution in [0.2, 0.25) is 0 Å². The van der Waals surface area contributed by atoms with Crippen molar-refractivity contribution in [3.05, 3.63) is 71.3 Å². The highest BCUT2D eigenvalue weighted by atomic mass is 19.1. The number of benzene rings is 2. The number of amides is 1. The van der Waals surface area contributed by atoms with Gasteiger partial charge >= 0.3 is 0 Å². The number of carbonyl (C=O) groups is 1. The van der Waals surface area contributed by atoms with E-state index in [0.717, 1.165) is 17.7 Å². The normalized spacial score (nSPS) is 12.0. The van der Waals surface area contributed by atoms with Crippen molar-refractivity contribution in [3.63, 3.8) is 0 Å². The average molecular weight is 305 g/mol. The second kappa shape index (κ2) is 7.66. The molecule has 0 aromatic heterocycles. The minimum Gasteiger partial charge on any atom is -0.396 e. The molecule has 2 aromatic rings. The topological polar surface area (TPSA) is 49.3 Å². The van der Waals surface area contributed by atoms with Crippen LogP contribution in [0.1, 0.15) is 23.6 Å². The Hall–Kier alpha value is -2.27. The molecule has 1 unspecified atom stereocenters. The molecule has 2 N–H and O–H groups in total. The molecule has 22 heavy (non-hydrogen) atoms. The Morgan fingerprint density at radius 2 is 1.68 bits per heavy atom. The number of aliphatic hydroxyl groups is 1. The van der Waals surface area contributed by atoms with Crippen LogP contribution in [0.25, 0.3) is 0 Å². The van der Waals surface area contributed by atoms with E-state index >= 15 is 0 Å². The molecule has 0 saturated carbocycles. The van der Waals surface area contributed by atoms with E-state index in [1.807, 2.05) is 30.3 Å². The predicted molar refractivity (Wildman–Crippen MR) is 79.1 cm³/mol. The molecule has 0 heterocycles. The zero-order valence-corrected chi connectivity index (χ0v) is 11.9. The number of hydrogen-bond acceptors (Lipinski definition) is 2. The summed E-state index contributed by atoms with van der Waals surface area (Å²) in [4.78, 5) is 12.0. The summed E-state index contributed by atoms with van der Waals surface area (Å²) in [6.07, 6.45) is -0.0528. The minimum atomic E-state index is -0.742. The summed E-state index contributed by atoms with van der Waals surface area (Å²) in [5.74, 6) is -1.98. The van der Waals surface area contributed by atoms with Gasteiger partial charge in [0.15, 0.2) is 0 Å². The Morgan fingerprint density at radius 1 is 1.05 bits per heavy atom. The molecule has 1 amide bonds. The van der Waals surface area contributed by atoms with Gasteiger partial charge in [-0.05, 0) is 24.1 Å². The second-order valence-electron chi connectivity index (χ2n) is 4.92. The lowest BCUT2D eigenvalue weighted by atomic mass is 10.0. The Bertz CT molecular complexity index is 612. The molecule has 0 aliphatic rings. The summed E-state index contributed by atoms with van der Waals surface area (Å²) in [5.41, 5.74) is 0.578. The first-order chi connectivity index (χ1) is 10.6. The van der Waals surface area contributed by atoms with E-state index < -0.39 is 23.6 Å². The molecule has 5 heteroatoms. The van der Waals surface area contributed by atoms with Gasteiger partial charge in [0.1, 0.15) is 11.6 Å². The van der Waals surface area contributed by atoms with Crippen molar-refractivity contribution in [1.82, 2.24) is 5.32 Å². The molecular formula is C17H17F2NO2. The average Bonchev–Trinajstić information content (AvgIpc) is 2.51. The van der Waals surface area contributed by atoms with Gasteiger partial charge < -0.3 is 10.4 Å². The first kappa shape index (κ1) is 16.1. The maximum Gasteiger partial charge on any atom is 0.225 e. The predicted octanol–water partition coefficient (Wildman–Crippen LogP) is 2.75.